The molecule has 1 aliphatic heterocycles. The van der Waals surface area contributed by atoms with Crippen molar-refractivity contribution in [1.82, 2.24) is 9.55 Å². The standard InChI is InChI=1S/C21H20F2N2O2/c1-14-7-8-17(22)18(19(14)23)21-20(15-5-3-2-4-6-15)24-13-25(21)11-16-12-26-9-10-27-16/h2-8,13,16H,9-12H2,1H3. The summed E-state index contributed by atoms with van der Waals surface area (Å²) in [6, 6.07) is 12.1. The van der Waals surface area contributed by atoms with E-state index < -0.39 is 11.6 Å². The normalized spacial score (nSPS) is 17.2. The van der Waals surface area contributed by atoms with Gasteiger partial charge in [0, 0.05) is 5.56 Å². The van der Waals surface area contributed by atoms with Crippen molar-refractivity contribution in [1.29, 1.82) is 0 Å². The van der Waals surface area contributed by atoms with Gasteiger partial charge in [0.1, 0.15) is 11.6 Å². The van der Waals surface area contributed by atoms with Crippen LogP contribution in [0.1, 0.15) is 5.56 Å². The molecule has 2 aromatic carbocycles. The Morgan fingerprint density at radius 3 is 2.67 bits per heavy atom. The molecule has 0 spiro atoms. The van der Waals surface area contributed by atoms with Gasteiger partial charge >= 0.3 is 0 Å². The number of hydrogen-bond donors (Lipinski definition) is 0. The van der Waals surface area contributed by atoms with Crippen molar-refractivity contribution in [2.45, 2.75) is 19.6 Å². The third kappa shape index (κ3) is 3.50. The zero-order chi connectivity index (χ0) is 18.8. The summed E-state index contributed by atoms with van der Waals surface area (Å²) >= 11 is 0. The molecule has 140 valence electrons. The Bertz CT molecular complexity index is 935. The summed E-state index contributed by atoms with van der Waals surface area (Å²) in [5.74, 6) is -1.19. The van der Waals surface area contributed by atoms with Crippen molar-refractivity contribution in [3.8, 4) is 22.5 Å². The number of rotatable bonds is 4. The largest absolute Gasteiger partial charge is 0.376 e. The summed E-state index contributed by atoms with van der Waals surface area (Å²) in [4.78, 5) is 4.47. The quantitative estimate of drug-likeness (QED) is 0.690. The van der Waals surface area contributed by atoms with Crippen LogP contribution in [0.15, 0.2) is 48.8 Å². The molecule has 4 rings (SSSR count). The summed E-state index contributed by atoms with van der Waals surface area (Å²) in [5, 5.41) is 0. The van der Waals surface area contributed by atoms with Gasteiger partial charge in [-0.25, -0.2) is 13.8 Å². The van der Waals surface area contributed by atoms with Crippen molar-refractivity contribution in [2.24, 2.45) is 0 Å². The minimum absolute atomic E-state index is 0.0666. The summed E-state index contributed by atoms with van der Waals surface area (Å²) < 4.78 is 42.6. The second kappa shape index (κ2) is 7.58. The van der Waals surface area contributed by atoms with E-state index in [-0.39, 0.29) is 11.7 Å². The first-order valence-corrected chi connectivity index (χ1v) is 8.90. The highest BCUT2D eigenvalue weighted by Crippen LogP contribution is 2.35. The van der Waals surface area contributed by atoms with E-state index in [1.165, 1.54) is 12.1 Å². The summed E-state index contributed by atoms with van der Waals surface area (Å²) in [6.07, 6.45) is 1.42. The minimum atomic E-state index is -0.613. The van der Waals surface area contributed by atoms with Gasteiger partial charge < -0.3 is 14.0 Å². The van der Waals surface area contributed by atoms with Crippen molar-refractivity contribution in [3.05, 3.63) is 66.0 Å². The molecular formula is C21H20F2N2O2. The van der Waals surface area contributed by atoms with Gasteiger partial charge in [0.25, 0.3) is 0 Å². The van der Waals surface area contributed by atoms with Crippen LogP contribution in [0.5, 0.6) is 0 Å². The van der Waals surface area contributed by atoms with Crippen LogP contribution in [-0.2, 0) is 16.0 Å². The number of benzene rings is 2. The first kappa shape index (κ1) is 17.8. The molecule has 0 radical (unpaired) electrons. The van der Waals surface area contributed by atoms with Gasteiger partial charge in [-0.2, -0.15) is 0 Å². The lowest BCUT2D eigenvalue weighted by Gasteiger charge is -2.24. The van der Waals surface area contributed by atoms with Gasteiger partial charge in [-0.05, 0) is 18.6 Å². The molecule has 2 heterocycles. The Hall–Kier alpha value is -2.57. The van der Waals surface area contributed by atoms with E-state index in [9.17, 15) is 8.78 Å². The molecule has 1 aliphatic rings. The van der Waals surface area contributed by atoms with E-state index in [1.807, 2.05) is 30.3 Å². The molecule has 1 fully saturated rings. The minimum Gasteiger partial charge on any atom is -0.376 e. The zero-order valence-corrected chi connectivity index (χ0v) is 15.0. The van der Waals surface area contributed by atoms with Crippen molar-refractivity contribution in [2.75, 3.05) is 19.8 Å². The highest BCUT2D eigenvalue weighted by Gasteiger charge is 2.25. The van der Waals surface area contributed by atoms with E-state index in [0.717, 1.165) is 5.56 Å². The van der Waals surface area contributed by atoms with Gasteiger partial charge in [0.15, 0.2) is 0 Å². The predicted molar refractivity (Wildman–Crippen MR) is 98.3 cm³/mol. The van der Waals surface area contributed by atoms with Crippen LogP contribution in [0, 0.1) is 18.6 Å². The van der Waals surface area contributed by atoms with Crippen molar-refractivity contribution >= 4 is 0 Å². The molecule has 0 saturated carbocycles. The summed E-state index contributed by atoms with van der Waals surface area (Å²) in [5.41, 5.74) is 2.07. The smallest absolute Gasteiger partial charge is 0.138 e. The molecule has 1 saturated heterocycles. The van der Waals surface area contributed by atoms with E-state index in [4.69, 9.17) is 9.47 Å². The molecule has 1 aromatic heterocycles. The van der Waals surface area contributed by atoms with E-state index in [0.29, 0.717) is 43.3 Å². The molecule has 0 aliphatic carbocycles. The molecule has 6 heteroatoms. The van der Waals surface area contributed by atoms with Crippen LogP contribution in [0.25, 0.3) is 22.5 Å². The van der Waals surface area contributed by atoms with Crippen LogP contribution in [0.3, 0.4) is 0 Å². The van der Waals surface area contributed by atoms with Crippen LogP contribution in [0.2, 0.25) is 0 Å². The zero-order valence-electron chi connectivity index (χ0n) is 15.0. The molecule has 27 heavy (non-hydrogen) atoms. The lowest BCUT2D eigenvalue weighted by atomic mass is 10.0. The molecule has 0 N–H and O–H groups in total. The Morgan fingerprint density at radius 1 is 1.11 bits per heavy atom. The Balaban J connectivity index is 1.86. The highest BCUT2D eigenvalue weighted by molar-refractivity contribution is 5.79. The third-order valence-electron chi connectivity index (χ3n) is 4.69. The van der Waals surface area contributed by atoms with Gasteiger partial charge in [0.05, 0.1) is 55.7 Å². The Kier molecular flexibility index (Phi) is 5.01. The fraction of sp³-hybridized carbons (Fsp3) is 0.286. The number of aryl methyl sites for hydroxylation is 1. The van der Waals surface area contributed by atoms with Gasteiger partial charge in [-0.3, -0.25) is 0 Å². The van der Waals surface area contributed by atoms with Gasteiger partial charge in [0.2, 0.25) is 0 Å². The number of imidazole rings is 1. The first-order valence-electron chi connectivity index (χ1n) is 8.90. The third-order valence-corrected chi connectivity index (χ3v) is 4.69. The molecule has 1 unspecified atom stereocenters. The molecule has 0 amide bonds. The van der Waals surface area contributed by atoms with E-state index >= 15 is 0 Å². The summed E-state index contributed by atoms with van der Waals surface area (Å²) in [7, 11) is 0. The monoisotopic (exact) mass is 370 g/mol. The second-order valence-electron chi connectivity index (χ2n) is 6.58. The Morgan fingerprint density at radius 2 is 1.93 bits per heavy atom. The maximum absolute atomic E-state index is 14.9. The average molecular weight is 370 g/mol. The lowest BCUT2D eigenvalue weighted by molar-refractivity contribution is -0.0934. The fourth-order valence-electron chi connectivity index (χ4n) is 3.33. The molecular weight excluding hydrogens is 350 g/mol. The maximum Gasteiger partial charge on any atom is 0.138 e. The predicted octanol–water partition coefficient (Wildman–Crippen LogP) is 4.22. The number of aromatic nitrogens is 2. The van der Waals surface area contributed by atoms with Crippen LogP contribution in [-0.4, -0.2) is 35.5 Å². The van der Waals surface area contributed by atoms with E-state index in [1.54, 1.807) is 17.8 Å². The average Bonchev–Trinajstić information content (AvgIpc) is 3.10. The maximum atomic E-state index is 14.9. The van der Waals surface area contributed by atoms with Crippen molar-refractivity contribution in [3.63, 3.8) is 0 Å². The second-order valence-corrected chi connectivity index (χ2v) is 6.58. The Labute approximate surface area is 156 Å². The number of nitrogens with zero attached hydrogens (tertiary/aromatic N) is 2. The van der Waals surface area contributed by atoms with Gasteiger partial charge in [-0.1, -0.05) is 36.4 Å². The fourth-order valence-corrected chi connectivity index (χ4v) is 3.33. The topological polar surface area (TPSA) is 36.3 Å². The van der Waals surface area contributed by atoms with Crippen LogP contribution >= 0.6 is 0 Å². The molecule has 3 aromatic rings. The SMILES string of the molecule is Cc1ccc(F)c(-c2c(-c3ccccc3)ncn2CC2COCCO2)c1F. The number of halogens is 2. The highest BCUT2D eigenvalue weighted by atomic mass is 19.1. The summed E-state index contributed by atoms with van der Waals surface area (Å²) in [6.45, 7) is 3.54. The number of ether oxygens (including phenoxy) is 2. The molecule has 4 nitrogen and oxygen atoms in total. The van der Waals surface area contributed by atoms with E-state index in [2.05, 4.69) is 4.98 Å². The molecule has 1 atom stereocenters. The van der Waals surface area contributed by atoms with Crippen LogP contribution in [0.4, 0.5) is 8.78 Å². The first-order chi connectivity index (χ1) is 13.1. The van der Waals surface area contributed by atoms with Crippen LogP contribution < -0.4 is 0 Å². The number of hydrogen-bond acceptors (Lipinski definition) is 3. The van der Waals surface area contributed by atoms with Gasteiger partial charge in [-0.15, -0.1) is 0 Å². The molecule has 0 bridgehead atoms. The lowest BCUT2D eigenvalue weighted by Crippen LogP contribution is -2.32. The van der Waals surface area contributed by atoms with Crippen molar-refractivity contribution < 1.29 is 18.3 Å².